The number of hydrogen-bond donors (Lipinski definition) is 0. The summed E-state index contributed by atoms with van der Waals surface area (Å²) in [6.07, 6.45) is 3.12. The second kappa shape index (κ2) is 6.84. The minimum absolute atomic E-state index is 0.223. The van der Waals surface area contributed by atoms with E-state index in [-0.39, 0.29) is 11.5 Å². The Kier molecular flexibility index (Phi) is 4.62. The van der Waals surface area contributed by atoms with Crippen LogP contribution in [-0.4, -0.2) is 18.9 Å². The lowest BCUT2D eigenvalue weighted by Crippen LogP contribution is -2.00. The van der Waals surface area contributed by atoms with Crippen molar-refractivity contribution in [1.29, 1.82) is 0 Å². The van der Waals surface area contributed by atoms with Gasteiger partial charge in [0.2, 0.25) is 5.78 Å². The first-order valence-corrected chi connectivity index (χ1v) is 7.96. The topological polar surface area (TPSA) is 56.5 Å². The van der Waals surface area contributed by atoms with E-state index >= 15 is 0 Å². The number of furan rings is 1. The van der Waals surface area contributed by atoms with Crippen molar-refractivity contribution in [1.82, 2.24) is 0 Å². The van der Waals surface area contributed by atoms with Crippen LogP contribution in [0.2, 0.25) is 0 Å². The zero-order chi connectivity index (χ0) is 17.1. The number of esters is 1. The summed E-state index contributed by atoms with van der Waals surface area (Å²) < 4.78 is 11.1. The molecule has 0 fully saturated rings. The van der Waals surface area contributed by atoms with E-state index in [1.807, 2.05) is 18.2 Å². The van der Waals surface area contributed by atoms with Crippen LogP contribution in [0.3, 0.4) is 0 Å². The fourth-order valence-electron chi connectivity index (χ4n) is 2.24. The van der Waals surface area contributed by atoms with Gasteiger partial charge in [-0.15, -0.1) is 0 Å². The van der Waals surface area contributed by atoms with Crippen molar-refractivity contribution in [3.05, 3.63) is 76.0 Å². The van der Waals surface area contributed by atoms with Crippen molar-refractivity contribution in [2.45, 2.75) is 0 Å². The maximum Gasteiger partial charge on any atom is 0.337 e. The molecule has 120 valence electrons. The molecule has 0 amide bonds. The lowest BCUT2D eigenvalue weighted by atomic mass is 10.1. The predicted octanol–water partition coefficient (Wildman–Crippen LogP) is 4.88. The second-order valence-corrected chi connectivity index (χ2v) is 6.02. The highest BCUT2D eigenvalue weighted by Gasteiger charge is 2.10. The van der Waals surface area contributed by atoms with Crippen LogP contribution >= 0.6 is 15.9 Å². The number of allylic oxidation sites excluding steroid dienone is 1. The first-order chi connectivity index (χ1) is 11.6. The van der Waals surface area contributed by atoms with Crippen LogP contribution in [0.4, 0.5) is 0 Å². The Bertz CT molecular complexity index is 936. The number of ether oxygens (including phenoxy) is 1. The van der Waals surface area contributed by atoms with Crippen LogP contribution in [0.1, 0.15) is 26.5 Å². The Hall–Kier alpha value is -2.66. The second-order valence-electron chi connectivity index (χ2n) is 5.10. The number of carbonyl (C=O) groups is 2. The van der Waals surface area contributed by atoms with Crippen LogP contribution in [0.25, 0.3) is 17.0 Å². The summed E-state index contributed by atoms with van der Waals surface area (Å²) in [5, 5.41) is 0.864. The number of fused-ring (bicyclic) bond motifs is 1. The lowest BCUT2D eigenvalue weighted by molar-refractivity contribution is 0.0600. The summed E-state index contributed by atoms with van der Waals surface area (Å²) in [5.74, 6) is -0.333. The molecule has 0 aliphatic rings. The first kappa shape index (κ1) is 16.2. The molecule has 0 spiro atoms. The number of benzene rings is 2. The molecule has 3 aromatic rings. The normalized spacial score (nSPS) is 11.1. The molecule has 4 nitrogen and oxygen atoms in total. The highest BCUT2D eigenvalue weighted by molar-refractivity contribution is 9.10. The average molecular weight is 385 g/mol. The van der Waals surface area contributed by atoms with E-state index in [1.165, 1.54) is 13.2 Å². The van der Waals surface area contributed by atoms with Gasteiger partial charge in [0.1, 0.15) is 5.58 Å². The fraction of sp³-hybridized carbons (Fsp3) is 0.0526. The van der Waals surface area contributed by atoms with E-state index in [0.717, 1.165) is 15.4 Å². The van der Waals surface area contributed by atoms with Crippen LogP contribution in [-0.2, 0) is 4.74 Å². The Morgan fingerprint density at radius 2 is 1.83 bits per heavy atom. The third-order valence-corrected chi connectivity index (χ3v) is 3.97. The summed E-state index contributed by atoms with van der Waals surface area (Å²) in [4.78, 5) is 23.6. The fourth-order valence-corrected chi connectivity index (χ4v) is 2.62. The molecule has 2 aromatic carbocycles. The van der Waals surface area contributed by atoms with Crippen molar-refractivity contribution in [3.8, 4) is 0 Å². The number of rotatable bonds is 4. The maximum atomic E-state index is 12.2. The summed E-state index contributed by atoms with van der Waals surface area (Å²) in [7, 11) is 1.33. The van der Waals surface area contributed by atoms with Gasteiger partial charge in [-0.3, -0.25) is 4.79 Å². The number of carbonyl (C=O) groups excluding carboxylic acids is 2. The van der Waals surface area contributed by atoms with Gasteiger partial charge in [-0.05, 0) is 48.0 Å². The van der Waals surface area contributed by atoms with Crippen LogP contribution in [0, 0.1) is 0 Å². The third kappa shape index (κ3) is 3.46. The lowest BCUT2D eigenvalue weighted by Gasteiger charge is -1.99. The molecule has 0 saturated carbocycles. The first-order valence-electron chi connectivity index (χ1n) is 7.17. The smallest absolute Gasteiger partial charge is 0.337 e. The Morgan fingerprint density at radius 1 is 1.08 bits per heavy atom. The SMILES string of the molecule is COC(=O)c1ccc(/C=C/C(=O)c2cc3cc(Br)ccc3o2)cc1. The van der Waals surface area contributed by atoms with Crippen LogP contribution in [0.15, 0.2) is 63.5 Å². The molecule has 5 heteroatoms. The minimum atomic E-state index is -0.393. The van der Waals surface area contributed by atoms with Crippen LogP contribution < -0.4 is 0 Å². The van der Waals surface area contributed by atoms with Gasteiger partial charge in [-0.25, -0.2) is 4.79 Å². The number of ketones is 1. The van der Waals surface area contributed by atoms with E-state index in [0.29, 0.717) is 11.1 Å². The molecular weight excluding hydrogens is 372 g/mol. The molecule has 1 aromatic heterocycles. The summed E-state index contributed by atoms with van der Waals surface area (Å²) >= 11 is 3.39. The van der Waals surface area contributed by atoms with Crippen molar-refractivity contribution in [2.24, 2.45) is 0 Å². The van der Waals surface area contributed by atoms with Gasteiger partial charge in [-0.2, -0.15) is 0 Å². The van der Waals surface area contributed by atoms with E-state index in [2.05, 4.69) is 20.7 Å². The standard InChI is InChI=1S/C19H13BrO4/c1-23-19(22)13-5-2-12(3-6-13)4-8-16(21)18-11-14-10-15(20)7-9-17(14)24-18/h2-11H,1H3/b8-4+. The molecule has 0 bridgehead atoms. The zero-order valence-electron chi connectivity index (χ0n) is 12.8. The molecule has 0 atom stereocenters. The van der Waals surface area contributed by atoms with Gasteiger partial charge in [0.15, 0.2) is 5.76 Å². The van der Waals surface area contributed by atoms with Gasteiger partial charge >= 0.3 is 5.97 Å². The van der Waals surface area contributed by atoms with Gasteiger partial charge < -0.3 is 9.15 Å². The van der Waals surface area contributed by atoms with Crippen molar-refractivity contribution in [3.63, 3.8) is 0 Å². The molecule has 0 radical (unpaired) electrons. The van der Waals surface area contributed by atoms with Crippen LogP contribution in [0.5, 0.6) is 0 Å². The Morgan fingerprint density at radius 3 is 2.54 bits per heavy atom. The van der Waals surface area contributed by atoms with Crippen molar-refractivity contribution in [2.75, 3.05) is 7.11 Å². The van der Waals surface area contributed by atoms with Gasteiger partial charge in [0, 0.05) is 9.86 Å². The van der Waals surface area contributed by atoms with E-state index in [9.17, 15) is 9.59 Å². The third-order valence-electron chi connectivity index (χ3n) is 3.48. The number of hydrogen-bond acceptors (Lipinski definition) is 4. The molecular formula is C19H13BrO4. The predicted molar refractivity (Wildman–Crippen MR) is 95.1 cm³/mol. The van der Waals surface area contributed by atoms with Crippen molar-refractivity contribution >= 4 is 44.7 Å². The number of halogens is 1. The summed E-state index contributed by atoms with van der Waals surface area (Å²) in [6, 6.07) is 14.1. The Balaban J connectivity index is 1.77. The molecule has 1 heterocycles. The van der Waals surface area contributed by atoms with Gasteiger partial charge in [-0.1, -0.05) is 34.1 Å². The monoisotopic (exact) mass is 384 g/mol. The van der Waals surface area contributed by atoms with Gasteiger partial charge in [0.25, 0.3) is 0 Å². The van der Waals surface area contributed by atoms with Crippen molar-refractivity contribution < 1.29 is 18.7 Å². The summed E-state index contributed by atoms with van der Waals surface area (Å²) in [6.45, 7) is 0. The maximum absolute atomic E-state index is 12.2. The number of methoxy groups -OCH3 is 1. The Labute approximate surface area is 146 Å². The highest BCUT2D eigenvalue weighted by Crippen LogP contribution is 2.23. The van der Waals surface area contributed by atoms with E-state index < -0.39 is 5.97 Å². The van der Waals surface area contributed by atoms with Gasteiger partial charge in [0.05, 0.1) is 12.7 Å². The average Bonchev–Trinajstić information content (AvgIpc) is 3.02. The largest absolute Gasteiger partial charge is 0.465 e. The minimum Gasteiger partial charge on any atom is -0.465 e. The summed E-state index contributed by atoms with van der Waals surface area (Å²) in [5.41, 5.74) is 1.93. The quantitative estimate of drug-likeness (QED) is 0.365. The molecule has 0 N–H and O–H groups in total. The molecule has 0 saturated heterocycles. The van der Waals surface area contributed by atoms with E-state index in [1.54, 1.807) is 36.4 Å². The molecule has 0 aliphatic heterocycles. The molecule has 0 aliphatic carbocycles. The van der Waals surface area contributed by atoms with E-state index in [4.69, 9.17) is 4.42 Å². The zero-order valence-corrected chi connectivity index (χ0v) is 14.4. The molecule has 24 heavy (non-hydrogen) atoms. The molecule has 0 unspecified atom stereocenters. The highest BCUT2D eigenvalue weighted by atomic mass is 79.9. The molecule has 3 rings (SSSR count).